The molecule has 1 rings (SSSR count). The topological polar surface area (TPSA) is 74.6 Å². The van der Waals surface area contributed by atoms with Crippen molar-refractivity contribution in [3.8, 4) is 5.75 Å². The molecule has 0 fully saturated rings. The van der Waals surface area contributed by atoms with Gasteiger partial charge in [0.15, 0.2) is 0 Å². The molecule has 0 saturated heterocycles. The van der Waals surface area contributed by atoms with Crippen molar-refractivity contribution in [2.24, 2.45) is 5.92 Å². The molecule has 20 heavy (non-hydrogen) atoms. The number of hydrogen-bond acceptors (Lipinski definition) is 5. The van der Waals surface area contributed by atoms with Crippen LogP contribution in [0, 0.1) is 12.8 Å². The molecule has 0 aliphatic heterocycles. The van der Waals surface area contributed by atoms with Gasteiger partial charge in [0, 0.05) is 36.5 Å². The Morgan fingerprint density at radius 1 is 1.40 bits per heavy atom. The first-order valence-corrected chi connectivity index (χ1v) is 7.09. The molecule has 5 nitrogen and oxygen atoms in total. The van der Waals surface area contributed by atoms with E-state index in [0.717, 1.165) is 0 Å². The second kappa shape index (κ2) is 8.19. The van der Waals surface area contributed by atoms with Gasteiger partial charge in [0.1, 0.15) is 5.75 Å². The third kappa shape index (κ3) is 4.44. The molecular formula is C15H26N2O3. The van der Waals surface area contributed by atoms with Crippen LogP contribution in [0.5, 0.6) is 5.75 Å². The van der Waals surface area contributed by atoms with E-state index in [0.29, 0.717) is 42.5 Å². The summed E-state index contributed by atoms with van der Waals surface area (Å²) < 4.78 is 5.47. The van der Waals surface area contributed by atoms with E-state index in [1.54, 1.807) is 13.1 Å². The van der Waals surface area contributed by atoms with E-state index in [4.69, 9.17) is 4.74 Å². The highest BCUT2D eigenvalue weighted by molar-refractivity contribution is 5.40. The van der Waals surface area contributed by atoms with E-state index in [1.807, 2.05) is 6.92 Å². The minimum atomic E-state index is -0.129. The maximum Gasteiger partial charge on any atom is 0.141 e. The molecule has 1 unspecified atom stereocenters. The number of hydrogen-bond donors (Lipinski definition) is 3. The molecule has 0 amide bonds. The van der Waals surface area contributed by atoms with Gasteiger partial charge in [-0.15, -0.1) is 0 Å². The van der Waals surface area contributed by atoms with Crippen molar-refractivity contribution in [1.29, 1.82) is 0 Å². The number of aliphatic hydroxyl groups is 1. The zero-order valence-electron chi connectivity index (χ0n) is 12.8. The number of aliphatic hydroxyl groups excluding tert-OH is 1. The number of nitrogens with one attached hydrogen (secondary N) is 1. The molecule has 0 aliphatic rings. The van der Waals surface area contributed by atoms with Crippen LogP contribution in [0.2, 0.25) is 0 Å². The van der Waals surface area contributed by atoms with Gasteiger partial charge in [0.2, 0.25) is 0 Å². The van der Waals surface area contributed by atoms with Gasteiger partial charge >= 0.3 is 0 Å². The minimum Gasteiger partial charge on any atom is -0.506 e. The van der Waals surface area contributed by atoms with Crippen LogP contribution in [-0.4, -0.2) is 34.5 Å². The van der Waals surface area contributed by atoms with E-state index in [1.165, 1.54) is 0 Å². The number of rotatable bonds is 8. The summed E-state index contributed by atoms with van der Waals surface area (Å²) in [7, 11) is 0. The molecule has 3 N–H and O–H groups in total. The fraction of sp³-hybridized carbons (Fsp3) is 0.667. The fourth-order valence-electron chi connectivity index (χ4n) is 1.98. The van der Waals surface area contributed by atoms with Gasteiger partial charge < -0.3 is 20.3 Å². The second-order valence-electron chi connectivity index (χ2n) is 5.24. The van der Waals surface area contributed by atoms with Crippen LogP contribution in [0.3, 0.4) is 0 Å². The maximum absolute atomic E-state index is 10.1. The maximum atomic E-state index is 10.1. The lowest BCUT2D eigenvalue weighted by Crippen LogP contribution is -2.37. The van der Waals surface area contributed by atoms with Gasteiger partial charge in [-0.2, -0.15) is 0 Å². The van der Waals surface area contributed by atoms with E-state index < -0.39 is 0 Å². The molecule has 5 heteroatoms. The number of aromatic hydroxyl groups is 1. The summed E-state index contributed by atoms with van der Waals surface area (Å²) in [5.41, 5.74) is 1.94. The summed E-state index contributed by atoms with van der Waals surface area (Å²) in [6, 6.07) is 0.203. The molecule has 0 bridgehead atoms. The van der Waals surface area contributed by atoms with Gasteiger partial charge in [0.25, 0.3) is 0 Å². The lowest BCUT2D eigenvalue weighted by Gasteiger charge is -2.23. The van der Waals surface area contributed by atoms with Crippen LogP contribution >= 0.6 is 0 Å². The second-order valence-corrected chi connectivity index (χ2v) is 5.24. The minimum absolute atomic E-state index is 0.129. The number of aryl methyl sites for hydroxylation is 1. The Morgan fingerprint density at radius 2 is 2.10 bits per heavy atom. The lowest BCUT2D eigenvalue weighted by atomic mass is 10.0. The zero-order valence-corrected chi connectivity index (χ0v) is 12.8. The van der Waals surface area contributed by atoms with E-state index >= 15 is 0 Å². The van der Waals surface area contributed by atoms with E-state index in [-0.39, 0.29) is 18.4 Å². The summed E-state index contributed by atoms with van der Waals surface area (Å²) in [5.74, 6) is 0.576. The number of aromatic nitrogens is 1. The summed E-state index contributed by atoms with van der Waals surface area (Å²) in [5, 5.41) is 22.8. The third-order valence-electron chi connectivity index (χ3n) is 3.45. The first kappa shape index (κ1) is 16.9. The largest absolute Gasteiger partial charge is 0.506 e. The van der Waals surface area contributed by atoms with Crippen molar-refractivity contribution in [1.82, 2.24) is 10.3 Å². The van der Waals surface area contributed by atoms with Crippen LogP contribution in [-0.2, 0) is 17.9 Å². The zero-order chi connectivity index (χ0) is 15.1. The molecule has 1 atom stereocenters. The van der Waals surface area contributed by atoms with Gasteiger partial charge in [-0.1, -0.05) is 13.8 Å². The Balaban J connectivity index is 2.79. The Bertz CT molecular complexity index is 422. The Morgan fingerprint density at radius 3 is 2.65 bits per heavy atom. The molecule has 0 aliphatic carbocycles. The number of nitrogens with zero attached hydrogens (tertiary/aromatic N) is 1. The molecule has 0 saturated carbocycles. The van der Waals surface area contributed by atoms with Crippen LogP contribution < -0.4 is 5.32 Å². The summed E-state index contributed by atoms with van der Waals surface area (Å²) >= 11 is 0. The molecule has 1 aromatic heterocycles. The van der Waals surface area contributed by atoms with Gasteiger partial charge in [-0.05, 0) is 19.8 Å². The summed E-state index contributed by atoms with van der Waals surface area (Å²) in [6.45, 7) is 9.65. The predicted octanol–water partition coefficient (Wildman–Crippen LogP) is 1.74. The van der Waals surface area contributed by atoms with Crippen LogP contribution in [0.15, 0.2) is 6.20 Å². The molecule has 0 aromatic carbocycles. The van der Waals surface area contributed by atoms with Gasteiger partial charge in [-0.25, -0.2) is 0 Å². The normalized spacial score (nSPS) is 12.9. The molecule has 0 spiro atoms. The fourth-order valence-corrected chi connectivity index (χ4v) is 1.98. The highest BCUT2D eigenvalue weighted by atomic mass is 16.5. The highest BCUT2D eigenvalue weighted by Gasteiger charge is 2.16. The quantitative estimate of drug-likeness (QED) is 0.677. The predicted molar refractivity (Wildman–Crippen MR) is 78.5 cm³/mol. The van der Waals surface area contributed by atoms with Crippen molar-refractivity contribution < 1.29 is 14.9 Å². The Labute approximate surface area is 121 Å². The highest BCUT2D eigenvalue weighted by Crippen LogP contribution is 2.24. The van der Waals surface area contributed by atoms with E-state index in [9.17, 15) is 10.2 Å². The van der Waals surface area contributed by atoms with Crippen molar-refractivity contribution in [3.05, 3.63) is 23.0 Å². The van der Waals surface area contributed by atoms with Gasteiger partial charge in [0.05, 0.1) is 18.9 Å². The number of pyridine rings is 1. The van der Waals surface area contributed by atoms with Crippen LogP contribution in [0.25, 0.3) is 0 Å². The Kier molecular flexibility index (Phi) is 6.91. The summed E-state index contributed by atoms with van der Waals surface area (Å²) in [6.07, 6.45) is 1.61. The first-order chi connectivity index (χ1) is 9.51. The van der Waals surface area contributed by atoms with Crippen LogP contribution in [0.4, 0.5) is 0 Å². The van der Waals surface area contributed by atoms with Crippen molar-refractivity contribution in [2.75, 3.05) is 13.2 Å². The van der Waals surface area contributed by atoms with E-state index in [2.05, 4.69) is 24.1 Å². The lowest BCUT2D eigenvalue weighted by molar-refractivity contribution is 0.107. The standard InChI is InChI=1S/C15H26N2O3/c1-5-20-9-14(10(2)3)17-7-13-12(8-18)6-16-11(4)15(13)19/h6,10,14,17-19H,5,7-9H2,1-4H3. The average Bonchev–Trinajstić information content (AvgIpc) is 2.42. The van der Waals surface area contributed by atoms with Crippen molar-refractivity contribution >= 4 is 0 Å². The average molecular weight is 282 g/mol. The smallest absolute Gasteiger partial charge is 0.141 e. The van der Waals surface area contributed by atoms with Gasteiger partial charge in [-0.3, -0.25) is 4.98 Å². The molecule has 0 radical (unpaired) electrons. The first-order valence-electron chi connectivity index (χ1n) is 7.09. The molecular weight excluding hydrogens is 256 g/mol. The Hall–Kier alpha value is -1.17. The molecule has 1 heterocycles. The third-order valence-corrected chi connectivity index (χ3v) is 3.45. The summed E-state index contributed by atoms with van der Waals surface area (Å²) in [4.78, 5) is 4.06. The number of ether oxygens (including phenoxy) is 1. The SMILES string of the molecule is CCOCC(NCc1c(CO)cnc(C)c1O)C(C)C. The van der Waals surface area contributed by atoms with Crippen LogP contribution in [0.1, 0.15) is 37.6 Å². The van der Waals surface area contributed by atoms with Crippen molar-refractivity contribution in [2.45, 2.75) is 46.9 Å². The monoisotopic (exact) mass is 282 g/mol. The van der Waals surface area contributed by atoms with Crippen molar-refractivity contribution in [3.63, 3.8) is 0 Å². The molecule has 114 valence electrons. The molecule has 1 aromatic rings.